The van der Waals surface area contributed by atoms with Crippen molar-refractivity contribution in [2.24, 2.45) is 0 Å². The average Bonchev–Trinajstić information content (AvgIpc) is 3.13. The van der Waals surface area contributed by atoms with E-state index in [0.717, 1.165) is 23.2 Å². The first-order chi connectivity index (χ1) is 13.7. The third kappa shape index (κ3) is 2.79. The summed E-state index contributed by atoms with van der Waals surface area (Å²) in [5.74, 6) is 0.0462. The van der Waals surface area contributed by atoms with Gasteiger partial charge in [-0.1, -0.05) is 60.1 Å². The number of amides is 1. The first-order valence-electron chi connectivity index (χ1n) is 9.43. The van der Waals surface area contributed by atoms with Crippen LogP contribution in [0.3, 0.4) is 0 Å². The number of halogens is 1. The van der Waals surface area contributed by atoms with Crippen molar-refractivity contribution in [3.05, 3.63) is 106 Å². The van der Waals surface area contributed by atoms with Gasteiger partial charge in [0.2, 0.25) is 0 Å². The molecule has 138 valence electrons. The normalized spacial score (nSPS) is 16.2. The van der Waals surface area contributed by atoms with Gasteiger partial charge in [0.15, 0.2) is 0 Å². The lowest BCUT2D eigenvalue weighted by atomic mass is 9.91. The van der Waals surface area contributed by atoms with Crippen LogP contribution in [0, 0.1) is 0 Å². The van der Waals surface area contributed by atoms with Gasteiger partial charge in [-0.25, -0.2) is 0 Å². The molecule has 0 radical (unpaired) electrons. The number of para-hydroxylation sites is 1. The minimum absolute atomic E-state index is 0.0462. The maximum absolute atomic E-state index is 13.4. The van der Waals surface area contributed by atoms with Crippen molar-refractivity contribution >= 4 is 28.4 Å². The Labute approximate surface area is 168 Å². The number of hydrogen-bond donors (Lipinski definition) is 1. The van der Waals surface area contributed by atoms with Gasteiger partial charge >= 0.3 is 0 Å². The Kier molecular flexibility index (Phi) is 4.18. The molecule has 2 heterocycles. The SMILES string of the molecule is O=C(c1ccccc1)N1CCc2c([nH]c3ccccc23)[C@H]1c1ccc(Cl)cc1. The van der Waals surface area contributed by atoms with Crippen LogP contribution in [0.25, 0.3) is 10.9 Å². The van der Waals surface area contributed by atoms with Crippen LogP contribution in [0.2, 0.25) is 5.02 Å². The molecule has 0 saturated carbocycles. The van der Waals surface area contributed by atoms with Crippen molar-refractivity contribution in [1.82, 2.24) is 9.88 Å². The number of hydrogen-bond acceptors (Lipinski definition) is 1. The Balaban J connectivity index is 1.67. The summed E-state index contributed by atoms with van der Waals surface area (Å²) >= 11 is 6.12. The molecule has 1 aromatic heterocycles. The maximum atomic E-state index is 13.4. The van der Waals surface area contributed by atoms with Gasteiger partial charge in [0.05, 0.1) is 6.04 Å². The Morgan fingerprint density at radius 2 is 1.64 bits per heavy atom. The summed E-state index contributed by atoms with van der Waals surface area (Å²) < 4.78 is 0. The molecule has 1 atom stereocenters. The Morgan fingerprint density at radius 3 is 2.43 bits per heavy atom. The fraction of sp³-hybridized carbons (Fsp3) is 0.125. The van der Waals surface area contributed by atoms with Crippen LogP contribution in [0.4, 0.5) is 0 Å². The van der Waals surface area contributed by atoms with E-state index in [1.54, 1.807) is 0 Å². The summed E-state index contributed by atoms with van der Waals surface area (Å²) in [7, 11) is 0. The molecule has 3 aromatic carbocycles. The van der Waals surface area contributed by atoms with Gasteiger partial charge in [-0.3, -0.25) is 4.79 Å². The number of H-pyrrole nitrogens is 1. The highest BCUT2D eigenvalue weighted by atomic mass is 35.5. The highest BCUT2D eigenvalue weighted by molar-refractivity contribution is 6.30. The van der Waals surface area contributed by atoms with Crippen molar-refractivity contribution in [3.8, 4) is 0 Å². The zero-order valence-electron chi connectivity index (χ0n) is 15.2. The first kappa shape index (κ1) is 17.1. The number of benzene rings is 3. The number of rotatable bonds is 2. The lowest BCUT2D eigenvalue weighted by Gasteiger charge is -2.36. The van der Waals surface area contributed by atoms with E-state index in [0.29, 0.717) is 17.1 Å². The smallest absolute Gasteiger partial charge is 0.254 e. The summed E-state index contributed by atoms with van der Waals surface area (Å²) in [6.45, 7) is 0.676. The average molecular weight is 387 g/mol. The van der Waals surface area contributed by atoms with Gasteiger partial charge in [-0.15, -0.1) is 0 Å². The molecule has 1 N–H and O–H groups in total. The topological polar surface area (TPSA) is 36.1 Å². The monoisotopic (exact) mass is 386 g/mol. The van der Waals surface area contributed by atoms with Gasteiger partial charge in [-0.05, 0) is 47.9 Å². The number of aromatic nitrogens is 1. The Morgan fingerprint density at radius 1 is 0.929 bits per heavy atom. The molecule has 0 aliphatic carbocycles. The molecule has 0 bridgehead atoms. The molecule has 0 unspecified atom stereocenters. The van der Waals surface area contributed by atoms with E-state index >= 15 is 0 Å². The van der Waals surface area contributed by atoms with E-state index in [4.69, 9.17) is 11.6 Å². The predicted octanol–water partition coefficient (Wildman–Crippen LogP) is 5.61. The number of nitrogens with one attached hydrogen (secondary N) is 1. The highest BCUT2D eigenvalue weighted by Crippen LogP contribution is 2.39. The second-order valence-electron chi connectivity index (χ2n) is 7.13. The van der Waals surface area contributed by atoms with Gasteiger partial charge in [0.25, 0.3) is 5.91 Å². The number of aromatic amines is 1. The molecular weight excluding hydrogens is 368 g/mol. The molecule has 0 spiro atoms. The van der Waals surface area contributed by atoms with Crippen LogP contribution in [0.15, 0.2) is 78.9 Å². The van der Waals surface area contributed by atoms with E-state index in [1.165, 1.54) is 10.9 Å². The van der Waals surface area contributed by atoms with Crippen LogP contribution in [-0.2, 0) is 6.42 Å². The molecule has 28 heavy (non-hydrogen) atoms. The van der Waals surface area contributed by atoms with Gasteiger partial charge in [0.1, 0.15) is 0 Å². The zero-order valence-corrected chi connectivity index (χ0v) is 16.0. The first-order valence-corrected chi connectivity index (χ1v) is 9.81. The van der Waals surface area contributed by atoms with Crippen LogP contribution in [0.5, 0.6) is 0 Å². The maximum Gasteiger partial charge on any atom is 0.254 e. The van der Waals surface area contributed by atoms with E-state index in [1.807, 2.05) is 65.6 Å². The summed E-state index contributed by atoms with van der Waals surface area (Å²) in [6, 6.07) is 25.5. The molecule has 1 amide bonds. The van der Waals surface area contributed by atoms with Gasteiger partial charge in [-0.2, -0.15) is 0 Å². The largest absolute Gasteiger partial charge is 0.356 e. The van der Waals surface area contributed by atoms with Crippen LogP contribution >= 0.6 is 11.6 Å². The molecule has 4 aromatic rings. The number of nitrogens with zero attached hydrogens (tertiary/aromatic N) is 1. The zero-order chi connectivity index (χ0) is 19.1. The molecule has 4 heteroatoms. The van der Waals surface area contributed by atoms with Crippen molar-refractivity contribution in [2.45, 2.75) is 12.5 Å². The summed E-state index contributed by atoms with van der Waals surface area (Å²) in [4.78, 5) is 18.9. The number of fused-ring (bicyclic) bond motifs is 3. The molecule has 1 aliphatic heterocycles. The summed E-state index contributed by atoms with van der Waals surface area (Å²) in [6.07, 6.45) is 0.835. The van der Waals surface area contributed by atoms with Crippen molar-refractivity contribution in [2.75, 3.05) is 6.54 Å². The van der Waals surface area contributed by atoms with Gasteiger partial charge < -0.3 is 9.88 Å². The van der Waals surface area contributed by atoms with E-state index in [2.05, 4.69) is 23.2 Å². The number of carbonyl (C=O) groups excluding carboxylic acids is 1. The van der Waals surface area contributed by atoms with E-state index < -0.39 is 0 Å². The minimum Gasteiger partial charge on any atom is -0.356 e. The fourth-order valence-electron chi connectivity index (χ4n) is 4.20. The number of carbonyl (C=O) groups is 1. The lowest BCUT2D eigenvalue weighted by molar-refractivity contribution is 0.0692. The molecule has 3 nitrogen and oxygen atoms in total. The van der Waals surface area contributed by atoms with E-state index in [9.17, 15) is 4.79 Å². The summed E-state index contributed by atoms with van der Waals surface area (Å²) in [5.41, 5.74) is 5.27. The van der Waals surface area contributed by atoms with Crippen molar-refractivity contribution < 1.29 is 4.79 Å². The summed E-state index contributed by atoms with van der Waals surface area (Å²) in [5, 5.41) is 1.93. The Bertz CT molecular complexity index is 1150. The fourth-order valence-corrected chi connectivity index (χ4v) is 4.32. The standard InChI is InChI=1S/C24H19ClN2O/c25-18-12-10-16(11-13-18)23-22-20(19-8-4-5-9-21(19)26-22)14-15-27(23)24(28)17-6-2-1-3-7-17/h1-13,23,26H,14-15H2/t23-/m1/s1. The van der Waals surface area contributed by atoms with Crippen LogP contribution in [0.1, 0.15) is 33.2 Å². The third-order valence-electron chi connectivity index (χ3n) is 5.50. The highest BCUT2D eigenvalue weighted by Gasteiger charge is 2.34. The third-order valence-corrected chi connectivity index (χ3v) is 5.75. The van der Waals surface area contributed by atoms with Gasteiger partial charge in [0, 0.05) is 33.7 Å². The molecule has 5 rings (SSSR count). The van der Waals surface area contributed by atoms with Crippen LogP contribution < -0.4 is 0 Å². The second kappa shape index (κ2) is 6.84. The molecular formula is C24H19ClN2O. The predicted molar refractivity (Wildman–Crippen MR) is 113 cm³/mol. The molecule has 0 saturated heterocycles. The quantitative estimate of drug-likeness (QED) is 0.477. The van der Waals surface area contributed by atoms with E-state index in [-0.39, 0.29) is 11.9 Å². The molecule has 1 aliphatic rings. The Hall–Kier alpha value is -3.04. The second-order valence-corrected chi connectivity index (χ2v) is 7.57. The van der Waals surface area contributed by atoms with Crippen molar-refractivity contribution in [3.63, 3.8) is 0 Å². The molecule has 0 fully saturated rings. The lowest BCUT2D eigenvalue weighted by Crippen LogP contribution is -2.40. The van der Waals surface area contributed by atoms with Crippen molar-refractivity contribution in [1.29, 1.82) is 0 Å². The minimum atomic E-state index is -0.166. The van der Waals surface area contributed by atoms with Crippen LogP contribution in [-0.4, -0.2) is 22.3 Å².